The standard InChI is InChI=1S/C18H15F2N3/c1-10(2)15-8-14-16(7-11-9-21-22-18(11)17(14)20)23(15)13-5-3-12(19)4-6-13/h3-10H,1-2H3,(H,21,22). The van der Waals surface area contributed by atoms with Crippen molar-refractivity contribution in [2.75, 3.05) is 0 Å². The van der Waals surface area contributed by atoms with Crippen LogP contribution < -0.4 is 0 Å². The van der Waals surface area contributed by atoms with E-state index in [-0.39, 0.29) is 17.6 Å². The minimum absolute atomic E-state index is 0.198. The Bertz CT molecular complexity index is 1010. The maximum absolute atomic E-state index is 14.8. The molecule has 4 rings (SSSR count). The molecular formula is C18H15F2N3. The Hall–Kier alpha value is -2.69. The molecule has 2 aromatic carbocycles. The summed E-state index contributed by atoms with van der Waals surface area (Å²) in [5.74, 6) is -0.402. The molecule has 3 nitrogen and oxygen atoms in total. The molecule has 2 aromatic heterocycles. The summed E-state index contributed by atoms with van der Waals surface area (Å²) in [6, 6.07) is 10.0. The van der Waals surface area contributed by atoms with Gasteiger partial charge in [0.2, 0.25) is 0 Å². The Balaban J connectivity index is 2.12. The molecule has 1 N–H and O–H groups in total. The lowest BCUT2D eigenvalue weighted by molar-refractivity contribution is 0.627. The second-order valence-electron chi connectivity index (χ2n) is 5.99. The van der Waals surface area contributed by atoms with Crippen LogP contribution in [0.1, 0.15) is 25.5 Å². The minimum atomic E-state index is -0.308. The lowest BCUT2D eigenvalue weighted by atomic mass is 10.1. The Morgan fingerprint density at radius 1 is 1.09 bits per heavy atom. The van der Waals surface area contributed by atoms with Crippen LogP contribution in [0.5, 0.6) is 0 Å². The van der Waals surface area contributed by atoms with Crippen LogP contribution in [0.3, 0.4) is 0 Å². The van der Waals surface area contributed by atoms with Crippen molar-refractivity contribution in [1.82, 2.24) is 14.8 Å². The van der Waals surface area contributed by atoms with Crippen molar-refractivity contribution >= 4 is 21.8 Å². The Morgan fingerprint density at radius 2 is 1.83 bits per heavy atom. The molecule has 0 spiro atoms. The molecule has 0 aliphatic carbocycles. The van der Waals surface area contributed by atoms with Gasteiger partial charge in [0, 0.05) is 22.2 Å². The van der Waals surface area contributed by atoms with Gasteiger partial charge in [0.05, 0.1) is 11.7 Å². The third-order valence-electron chi connectivity index (χ3n) is 4.16. The van der Waals surface area contributed by atoms with Crippen LogP contribution in [0.25, 0.3) is 27.5 Å². The van der Waals surface area contributed by atoms with E-state index in [2.05, 4.69) is 24.0 Å². The molecule has 0 radical (unpaired) electrons. The molecule has 0 aliphatic heterocycles. The predicted molar refractivity (Wildman–Crippen MR) is 86.9 cm³/mol. The third-order valence-corrected chi connectivity index (χ3v) is 4.16. The predicted octanol–water partition coefficient (Wildman–Crippen LogP) is 4.91. The second-order valence-corrected chi connectivity index (χ2v) is 5.99. The number of H-pyrrole nitrogens is 1. The lowest BCUT2D eigenvalue weighted by Gasteiger charge is -2.13. The van der Waals surface area contributed by atoms with E-state index < -0.39 is 0 Å². The van der Waals surface area contributed by atoms with E-state index >= 15 is 0 Å². The fraction of sp³-hybridized carbons (Fsp3) is 0.167. The van der Waals surface area contributed by atoms with Crippen LogP contribution in [-0.4, -0.2) is 14.8 Å². The average Bonchev–Trinajstić information content (AvgIpc) is 3.13. The summed E-state index contributed by atoms with van der Waals surface area (Å²) in [7, 11) is 0. The third kappa shape index (κ3) is 2.04. The first kappa shape index (κ1) is 13.9. The molecule has 5 heteroatoms. The summed E-state index contributed by atoms with van der Waals surface area (Å²) in [4.78, 5) is 0. The second kappa shape index (κ2) is 4.91. The van der Waals surface area contributed by atoms with Crippen LogP contribution in [0.15, 0.2) is 42.6 Å². The number of benzene rings is 2. The molecule has 0 fully saturated rings. The van der Waals surface area contributed by atoms with E-state index in [9.17, 15) is 8.78 Å². The van der Waals surface area contributed by atoms with Crippen LogP contribution in [0.4, 0.5) is 8.78 Å². The van der Waals surface area contributed by atoms with Crippen LogP contribution in [0.2, 0.25) is 0 Å². The molecule has 23 heavy (non-hydrogen) atoms. The van der Waals surface area contributed by atoms with Crippen molar-refractivity contribution in [2.45, 2.75) is 19.8 Å². The highest BCUT2D eigenvalue weighted by Gasteiger charge is 2.18. The number of aromatic amines is 1. The fourth-order valence-electron chi connectivity index (χ4n) is 3.03. The molecule has 0 unspecified atom stereocenters. The van der Waals surface area contributed by atoms with Gasteiger partial charge in [-0.3, -0.25) is 5.10 Å². The maximum atomic E-state index is 14.8. The Labute approximate surface area is 131 Å². The minimum Gasteiger partial charge on any atom is -0.313 e. The molecule has 116 valence electrons. The van der Waals surface area contributed by atoms with Crippen molar-refractivity contribution in [1.29, 1.82) is 0 Å². The molecule has 0 amide bonds. The molecule has 4 aromatic rings. The number of fused-ring (bicyclic) bond motifs is 2. The first-order valence-electron chi connectivity index (χ1n) is 7.49. The summed E-state index contributed by atoms with van der Waals surface area (Å²) >= 11 is 0. The topological polar surface area (TPSA) is 33.6 Å². The van der Waals surface area contributed by atoms with Gasteiger partial charge < -0.3 is 4.57 Å². The van der Waals surface area contributed by atoms with E-state index in [4.69, 9.17) is 0 Å². The number of halogens is 2. The zero-order valence-electron chi connectivity index (χ0n) is 12.8. The quantitative estimate of drug-likeness (QED) is 0.561. The van der Waals surface area contributed by atoms with Crippen molar-refractivity contribution in [2.24, 2.45) is 0 Å². The van der Waals surface area contributed by atoms with Crippen molar-refractivity contribution in [3.8, 4) is 5.69 Å². The van der Waals surface area contributed by atoms with Gasteiger partial charge in [0.15, 0.2) is 5.82 Å². The molecule has 0 aliphatic rings. The molecule has 0 saturated carbocycles. The fourth-order valence-corrected chi connectivity index (χ4v) is 3.03. The van der Waals surface area contributed by atoms with E-state index in [1.54, 1.807) is 18.3 Å². The van der Waals surface area contributed by atoms with Gasteiger partial charge in [-0.15, -0.1) is 0 Å². The highest BCUT2D eigenvalue weighted by Crippen LogP contribution is 2.33. The van der Waals surface area contributed by atoms with E-state index in [0.717, 1.165) is 16.9 Å². The number of nitrogens with zero attached hydrogens (tertiary/aromatic N) is 2. The van der Waals surface area contributed by atoms with Crippen molar-refractivity contribution in [3.63, 3.8) is 0 Å². The van der Waals surface area contributed by atoms with Crippen LogP contribution >= 0.6 is 0 Å². The van der Waals surface area contributed by atoms with Gasteiger partial charge >= 0.3 is 0 Å². The highest BCUT2D eigenvalue weighted by molar-refractivity contribution is 5.97. The van der Waals surface area contributed by atoms with Crippen molar-refractivity contribution in [3.05, 3.63) is 59.9 Å². The Morgan fingerprint density at radius 3 is 2.52 bits per heavy atom. The monoisotopic (exact) mass is 311 g/mol. The van der Waals surface area contributed by atoms with Gasteiger partial charge in [-0.25, -0.2) is 8.78 Å². The molecule has 0 saturated heterocycles. The van der Waals surface area contributed by atoms with Gasteiger partial charge in [0.25, 0.3) is 0 Å². The molecular weight excluding hydrogens is 296 g/mol. The molecule has 0 atom stereocenters. The first-order chi connectivity index (χ1) is 11.1. The molecule has 2 heterocycles. The largest absolute Gasteiger partial charge is 0.313 e. The van der Waals surface area contributed by atoms with Gasteiger partial charge in [-0.1, -0.05) is 13.8 Å². The summed E-state index contributed by atoms with van der Waals surface area (Å²) in [6.07, 6.45) is 1.61. The average molecular weight is 311 g/mol. The van der Waals surface area contributed by atoms with Crippen LogP contribution in [0, 0.1) is 11.6 Å². The normalized spacial score (nSPS) is 11.9. The summed E-state index contributed by atoms with van der Waals surface area (Å²) in [5, 5.41) is 7.87. The first-order valence-corrected chi connectivity index (χ1v) is 7.49. The highest BCUT2D eigenvalue weighted by atomic mass is 19.1. The number of nitrogens with one attached hydrogen (secondary N) is 1. The van der Waals surface area contributed by atoms with Crippen LogP contribution in [-0.2, 0) is 0 Å². The SMILES string of the molecule is CC(C)c1cc2c(F)c3[nH]ncc3cc2n1-c1ccc(F)cc1. The maximum Gasteiger partial charge on any atom is 0.158 e. The van der Waals surface area contributed by atoms with E-state index in [0.29, 0.717) is 16.3 Å². The summed E-state index contributed by atoms with van der Waals surface area (Å²) < 4.78 is 30.0. The van der Waals surface area contributed by atoms with Gasteiger partial charge in [-0.05, 0) is 42.3 Å². The van der Waals surface area contributed by atoms with E-state index in [1.165, 1.54) is 12.1 Å². The number of hydrogen-bond donors (Lipinski definition) is 1. The Kier molecular flexibility index (Phi) is 2.98. The smallest absolute Gasteiger partial charge is 0.158 e. The number of rotatable bonds is 2. The number of aromatic nitrogens is 3. The summed E-state index contributed by atoms with van der Waals surface area (Å²) in [5.41, 5.74) is 2.95. The zero-order valence-corrected chi connectivity index (χ0v) is 12.8. The van der Waals surface area contributed by atoms with E-state index in [1.807, 2.05) is 16.7 Å². The number of hydrogen-bond acceptors (Lipinski definition) is 1. The van der Waals surface area contributed by atoms with Gasteiger partial charge in [-0.2, -0.15) is 5.10 Å². The zero-order chi connectivity index (χ0) is 16.1. The molecule has 0 bridgehead atoms. The summed E-state index contributed by atoms with van der Waals surface area (Å²) in [6.45, 7) is 4.11. The lowest BCUT2D eigenvalue weighted by Crippen LogP contribution is -2.01. The van der Waals surface area contributed by atoms with Crippen molar-refractivity contribution < 1.29 is 8.78 Å². The van der Waals surface area contributed by atoms with Gasteiger partial charge in [0.1, 0.15) is 11.3 Å².